The summed E-state index contributed by atoms with van der Waals surface area (Å²) in [5.41, 5.74) is 0.279. The second kappa shape index (κ2) is 8.31. The largest absolute Gasteiger partial charge is 0.467 e. The summed E-state index contributed by atoms with van der Waals surface area (Å²) in [5, 5.41) is 6.69. The minimum atomic E-state index is -4.62. The predicted molar refractivity (Wildman–Crippen MR) is 109 cm³/mol. The molecular formula is C22H15ClF3N3O2. The molecule has 0 bridgehead atoms. The maximum Gasteiger partial charge on any atom is 0.435 e. The number of carbonyl (C=O) groups excluding carboxylic acids is 1. The molecule has 0 saturated heterocycles. The van der Waals surface area contributed by atoms with E-state index in [1.54, 1.807) is 48.5 Å². The molecule has 1 N–H and O–H groups in total. The fourth-order valence-corrected chi connectivity index (χ4v) is 3.22. The molecule has 2 aromatic heterocycles. The second-order valence-electron chi connectivity index (χ2n) is 6.62. The molecule has 0 saturated carbocycles. The van der Waals surface area contributed by atoms with Crippen LogP contribution in [0.3, 0.4) is 0 Å². The number of nitrogens with zero attached hydrogens (tertiary/aromatic N) is 2. The van der Waals surface area contributed by atoms with Crippen LogP contribution in [-0.4, -0.2) is 15.7 Å². The Morgan fingerprint density at radius 2 is 1.81 bits per heavy atom. The predicted octanol–water partition coefficient (Wildman–Crippen LogP) is 5.73. The van der Waals surface area contributed by atoms with Gasteiger partial charge in [-0.15, -0.1) is 0 Å². The van der Waals surface area contributed by atoms with Crippen molar-refractivity contribution in [1.82, 2.24) is 15.1 Å². The van der Waals surface area contributed by atoms with Crippen LogP contribution in [0.2, 0.25) is 5.02 Å². The molecule has 2 aromatic carbocycles. The van der Waals surface area contributed by atoms with Gasteiger partial charge in [-0.1, -0.05) is 35.9 Å². The number of hydrogen-bond acceptors (Lipinski definition) is 3. The molecule has 0 aliphatic carbocycles. The number of furan rings is 1. The topological polar surface area (TPSA) is 60.1 Å². The molecule has 31 heavy (non-hydrogen) atoms. The van der Waals surface area contributed by atoms with Crippen LogP contribution in [0.25, 0.3) is 16.9 Å². The molecule has 0 aliphatic rings. The Kier molecular flexibility index (Phi) is 5.56. The van der Waals surface area contributed by atoms with E-state index < -0.39 is 11.9 Å². The van der Waals surface area contributed by atoms with E-state index in [1.165, 1.54) is 18.4 Å². The van der Waals surface area contributed by atoms with Crippen molar-refractivity contribution in [3.05, 3.63) is 95.0 Å². The van der Waals surface area contributed by atoms with Crippen molar-refractivity contribution < 1.29 is 22.4 Å². The van der Waals surface area contributed by atoms with E-state index >= 15 is 0 Å². The zero-order chi connectivity index (χ0) is 22.0. The molecule has 9 heteroatoms. The molecule has 158 valence electrons. The van der Waals surface area contributed by atoms with E-state index in [2.05, 4.69) is 10.4 Å². The molecule has 0 spiro atoms. The van der Waals surface area contributed by atoms with E-state index in [9.17, 15) is 18.0 Å². The van der Waals surface area contributed by atoms with Crippen molar-refractivity contribution in [1.29, 1.82) is 0 Å². The number of carbonyl (C=O) groups is 1. The van der Waals surface area contributed by atoms with Crippen LogP contribution >= 0.6 is 11.6 Å². The fourth-order valence-electron chi connectivity index (χ4n) is 3.01. The first-order valence-corrected chi connectivity index (χ1v) is 9.54. The quantitative estimate of drug-likeness (QED) is 0.426. The highest BCUT2D eigenvalue weighted by Crippen LogP contribution is 2.34. The molecule has 0 radical (unpaired) electrons. The van der Waals surface area contributed by atoms with Crippen LogP contribution in [0.1, 0.15) is 21.8 Å². The van der Waals surface area contributed by atoms with Crippen LogP contribution in [-0.2, 0) is 12.7 Å². The summed E-state index contributed by atoms with van der Waals surface area (Å²) in [6.45, 7) is 0.224. The van der Waals surface area contributed by atoms with Gasteiger partial charge in [-0.3, -0.25) is 4.79 Å². The van der Waals surface area contributed by atoms with E-state index in [1.807, 2.05) is 0 Å². The minimum absolute atomic E-state index is 0.197. The highest BCUT2D eigenvalue weighted by molar-refractivity contribution is 6.32. The van der Waals surface area contributed by atoms with Gasteiger partial charge in [0.25, 0.3) is 5.91 Å². The van der Waals surface area contributed by atoms with Crippen molar-refractivity contribution in [2.75, 3.05) is 0 Å². The number of hydrogen-bond donors (Lipinski definition) is 1. The van der Waals surface area contributed by atoms with E-state index in [4.69, 9.17) is 16.0 Å². The molecule has 2 heterocycles. The zero-order valence-corrected chi connectivity index (χ0v) is 16.6. The molecule has 0 atom stereocenters. The average molecular weight is 446 g/mol. The summed E-state index contributed by atoms with van der Waals surface area (Å²) >= 11 is 6.18. The first-order chi connectivity index (χ1) is 14.8. The lowest BCUT2D eigenvalue weighted by atomic mass is 10.1. The molecular weight excluding hydrogens is 431 g/mol. The number of alkyl halides is 3. The zero-order valence-electron chi connectivity index (χ0n) is 15.9. The molecule has 5 nitrogen and oxygen atoms in total. The summed E-state index contributed by atoms with van der Waals surface area (Å²) in [6.07, 6.45) is -3.11. The van der Waals surface area contributed by atoms with Crippen LogP contribution in [0.5, 0.6) is 0 Å². The minimum Gasteiger partial charge on any atom is -0.467 e. The van der Waals surface area contributed by atoms with Crippen molar-refractivity contribution in [2.24, 2.45) is 0 Å². The smallest absolute Gasteiger partial charge is 0.435 e. The molecule has 0 aliphatic heterocycles. The fraction of sp³-hybridized carbons (Fsp3) is 0.0909. The first kappa shape index (κ1) is 20.7. The number of para-hydroxylation sites is 1. The molecule has 4 rings (SSSR count). The van der Waals surface area contributed by atoms with E-state index in [0.29, 0.717) is 22.6 Å². The Hall–Kier alpha value is -3.52. The SMILES string of the molecule is O=C(NCc1ccco1)c1ccc(-c2cc(C(F)(F)F)nn2-c2ccccc2Cl)cc1. The normalized spacial score (nSPS) is 11.5. The van der Waals surface area contributed by atoms with Crippen LogP contribution in [0.15, 0.2) is 77.4 Å². The Bertz CT molecular complexity index is 1200. The summed E-state index contributed by atoms with van der Waals surface area (Å²) in [4.78, 5) is 12.3. The average Bonchev–Trinajstić information content (AvgIpc) is 3.42. The number of rotatable bonds is 5. The lowest BCUT2D eigenvalue weighted by Crippen LogP contribution is -2.22. The van der Waals surface area contributed by atoms with Gasteiger partial charge in [0.2, 0.25) is 0 Å². The highest BCUT2D eigenvalue weighted by Gasteiger charge is 2.35. The lowest BCUT2D eigenvalue weighted by molar-refractivity contribution is -0.141. The third-order valence-electron chi connectivity index (χ3n) is 4.53. The lowest BCUT2D eigenvalue weighted by Gasteiger charge is -2.10. The Labute approximate surface area is 180 Å². The highest BCUT2D eigenvalue weighted by atomic mass is 35.5. The van der Waals surface area contributed by atoms with Gasteiger partial charge >= 0.3 is 6.18 Å². The van der Waals surface area contributed by atoms with Crippen LogP contribution in [0.4, 0.5) is 13.2 Å². The Morgan fingerprint density at radius 1 is 1.06 bits per heavy atom. The van der Waals surface area contributed by atoms with Gasteiger partial charge in [0, 0.05) is 11.1 Å². The maximum absolute atomic E-state index is 13.3. The van der Waals surface area contributed by atoms with Gasteiger partial charge in [-0.2, -0.15) is 18.3 Å². The third-order valence-corrected chi connectivity index (χ3v) is 4.85. The Balaban J connectivity index is 1.65. The molecule has 4 aromatic rings. The van der Waals surface area contributed by atoms with Gasteiger partial charge < -0.3 is 9.73 Å². The van der Waals surface area contributed by atoms with Gasteiger partial charge in [-0.25, -0.2) is 4.68 Å². The second-order valence-corrected chi connectivity index (χ2v) is 7.02. The van der Waals surface area contributed by atoms with Gasteiger partial charge in [0.1, 0.15) is 5.76 Å². The van der Waals surface area contributed by atoms with E-state index in [0.717, 1.165) is 10.7 Å². The number of halogens is 4. The summed E-state index contributed by atoms with van der Waals surface area (Å²) in [6, 6.07) is 17.1. The van der Waals surface area contributed by atoms with Crippen LogP contribution in [0, 0.1) is 0 Å². The maximum atomic E-state index is 13.3. The summed E-state index contributed by atoms with van der Waals surface area (Å²) in [5.74, 6) is 0.270. The Morgan fingerprint density at radius 3 is 2.45 bits per heavy atom. The molecule has 0 unspecified atom stereocenters. The molecule has 0 fully saturated rings. The van der Waals surface area contributed by atoms with Gasteiger partial charge in [0.05, 0.1) is 29.2 Å². The van der Waals surface area contributed by atoms with Crippen molar-refractivity contribution in [2.45, 2.75) is 12.7 Å². The van der Waals surface area contributed by atoms with Crippen LogP contribution < -0.4 is 5.32 Å². The summed E-state index contributed by atoms with van der Waals surface area (Å²) in [7, 11) is 0. The first-order valence-electron chi connectivity index (χ1n) is 9.16. The number of amides is 1. The van der Waals surface area contributed by atoms with E-state index in [-0.39, 0.29) is 23.2 Å². The van der Waals surface area contributed by atoms with Crippen molar-refractivity contribution in [3.8, 4) is 16.9 Å². The monoisotopic (exact) mass is 445 g/mol. The third kappa shape index (κ3) is 4.49. The van der Waals surface area contributed by atoms with Crippen molar-refractivity contribution in [3.63, 3.8) is 0 Å². The van der Waals surface area contributed by atoms with Crippen molar-refractivity contribution >= 4 is 17.5 Å². The van der Waals surface area contributed by atoms with Gasteiger partial charge in [0.15, 0.2) is 5.69 Å². The number of benzene rings is 2. The molecule has 1 amide bonds. The van der Waals surface area contributed by atoms with Gasteiger partial charge in [-0.05, 0) is 42.5 Å². The number of nitrogens with one attached hydrogen (secondary N) is 1. The number of aromatic nitrogens is 2. The summed E-state index contributed by atoms with van der Waals surface area (Å²) < 4.78 is 46.3. The standard InChI is InChI=1S/C22H15ClF3N3O2/c23-17-5-1-2-6-18(17)29-19(12-20(28-29)22(24,25)26)14-7-9-15(10-8-14)21(30)27-13-16-4-3-11-31-16/h1-12H,13H2,(H,27,30).